The molecule has 0 amide bonds. The fraction of sp³-hybridized carbons (Fsp3) is 0.125. The summed E-state index contributed by atoms with van der Waals surface area (Å²) < 4.78 is 40.2. The summed E-state index contributed by atoms with van der Waals surface area (Å²) in [6, 6.07) is 15.5. The molecule has 0 fully saturated rings. The van der Waals surface area contributed by atoms with Crippen molar-refractivity contribution in [1.82, 2.24) is 0 Å². The van der Waals surface area contributed by atoms with Crippen molar-refractivity contribution in [2.45, 2.75) is 6.36 Å². The molecule has 0 unspecified atom stereocenters. The van der Waals surface area contributed by atoms with E-state index in [-0.39, 0.29) is 5.75 Å². The first-order valence-corrected chi connectivity index (χ1v) is 6.34. The third-order valence-corrected chi connectivity index (χ3v) is 2.60. The van der Waals surface area contributed by atoms with Gasteiger partial charge < -0.3 is 10.1 Å². The van der Waals surface area contributed by atoms with Crippen LogP contribution >= 0.6 is 0 Å². The topological polar surface area (TPSA) is 21.3 Å². The summed E-state index contributed by atoms with van der Waals surface area (Å²) in [7, 11) is 0. The van der Waals surface area contributed by atoms with E-state index in [1.54, 1.807) is 6.07 Å². The first-order chi connectivity index (χ1) is 10.0. The van der Waals surface area contributed by atoms with E-state index in [4.69, 9.17) is 0 Å². The molecule has 2 nitrogen and oxygen atoms in total. The number of rotatable bonds is 5. The lowest BCUT2D eigenvalue weighted by Gasteiger charge is -2.10. The second-order valence-corrected chi connectivity index (χ2v) is 4.27. The van der Waals surface area contributed by atoms with Crippen molar-refractivity contribution in [3.63, 3.8) is 0 Å². The van der Waals surface area contributed by atoms with Crippen LogP contribution in [0.4, 0.5) is 18.9 Å². The molecule has 0 heterocycles. The van der Waals surface area contributed by atoms with Gasteiger partial charge in [-0.1, -0.05) is 48.6 Å². The van der Waals surface area contributed by atoms with Gasteiger partial charge in [0.1, 0.15) is 5.75 Å². The highest BCUT2D eigenvalue weighted by atomic mass is 19.4. The number of hydrogen-bond acceptors (Lipinski definition) is 2. The number of benzene rings is 2. The normalized spacial score (nSPS) is 11.6. The number of halogens is 3. The molecule has 0 aliphatic rings. The summed E-state index contributed by atoms with van der Waals surface area (Å²) in [5, 5.41) is 3.01. The molecule has 0 saturated heterocycles. The molecule has 2 aromatic carbocycles. The molecular weight excluding hydrogens is 279 g/mol. The van der Waals surface area contributed by atoms with Gasteiger partial charge in [-0.25, -0.2) is 0 Å². The number of hydrogen-bond donors (Lipinski definition) is 1. The van der Waals surface area contributed by atoms with Crippen LogP contribution in [-0.2, 0) is 0 Å². The number of nitrogens with one attached hydrogen (secondary N) is 1. The lowest BCUT2D eigenvalue weighted by atomic mass is 10.2. The van der Waals surface area contributed by atoms with Crippen LogP contribution < -0.4 is 10.1 Å². The number of alkyl halides is 3. The van der Waals surface area contributed by atoms with Crippen LogP contribution in [0.25, 0.3) is 6.08 Å². The fourth-order valence-electron chi connectivity index (χ4n) is 1.74. The smallest absolute Gasteiger partial charge is 0.406 e. The van der Waals surface area contributed by atoms with Crippen molar-refractivity contribution in [2.24, 2.45) is 0 Å². The number of ether oxygens (including phenoxy) is 1. The molecule has 0 atom stereocenters. The Hall–Kier alpha value is -2.43. The Morgan fingerprint density at radius 1 is 1.00 bits per heavy atom. The standard InChI is InChI=1S/C16H14F3NO/c17-16(18,19)21-15-10-4-9-14(12-15)20-11-5-8-13-6-2-1-3-7-13/h1-10,12,20H,11H2. The van der Waals surface area contributed by atoms with Gasteiger partial charge in [-0.2, -0.15) is 0 Å². The minimum Gasteiger partial charge on any atom is -0.406 e. The molecule has 21 heavy (non-hydrogen) atoms. The Labute approximate surface area is 120 Å². The average Bonchev–Trinajstić information content (AvgIpc) is 2.43. The van der Waals surface area contributed by atoms with Gasteiger partial charge in [0.15, 0.2) is 0 Å². The number of anilines is 1. The maximum atomic E-state index is 12.1. The third kappa shape index (κ3) is 5.60. The summed E-state index contributed by atoms with van der Waals surface area (Å²) in [5.41, 5.74) is 1.63. The molecule has 110 valence electrons. The highest BCUT2D eigenvalue weighted by molar-refractivity contribution is 5.52. The van der Waals surface area contributed by atoms with Gasteiger partial charge in [-0.05, 0) is 17.7 Å². The minimum absolute atomic E-state index is 0.237. The van der Waals surface area contributed by atoms with Crippen molar-refractivity contribution in [2.75, 3.05) is 11.9 Å². The minimum atomic E-state index is -4.67. The highest BCUT2D eigenvalue weighted by Gasteiger charge is 2.31. The van der Waals surface area contributed by atoms with Crippen molar-refractivity contribution in [3.05, 3.63) is 66.2 Å². The zero-order chi connectivity index (χ0) is 15.1. The molecule has 2 aromatic rings. The lowest BCUT2D eigenvalue weighted by Crippen LogP contribution is -2.17. The van der Waals surface area contributed by atoms with Gasteiger partial charge in [0, 0.05) is 18.3 Å². The Morgan fingerprint density at radius 2 is 1.76 bits per heavy atom. The Kier molecular flexibility index (Phi) is 4.87. The third-order valence-electron chi connectivity index (χ3n) is 2.60. The van der Waals surface area contributed by atoms with Gasteiger partial charge >= 0.3 is 6.36 Å². The monoisotopic (exact) mass is 293 g/mol. The van der Waals surface area contributed by atoms with Gasteiger partial charge in [0.05, 0.1) is 0 Å². The maximum Gasteiger partial charge on any atom is 0.573 e. The van der Waals surface area contributed by atoms with E-state index in [0.717, 1.165) is 5.56 Å². The molecule has 0 aliphatic heterocycles. The van der Waals surface area contributed by atoms with Crippen LogP contribution in [-0.4, -0.2) is 12.9 Å². The summed E-state index contributed by atoms with van der Waals surface area (Å²) in [6.45, 7) is 0.504. The van der Waals surface area contributed by atoms with E-state index in [1.165, 1.54) is 18.2 Å². The van der Waals surface area contributed by atoms with Crippen molar-refractivity contribution in [3.8, 4) is 5.75 Å². The quantitative estimate of drug-likeness (QED) is 0.862. The van der Waals surface area contributed by atoms with E-state index in [9.17, 15) is 13.2 Å². The Morgan fingerprint density at radius 3 is 2.48 bits per heavy atom. The van der Waals surface area contributed by atoms with Crippen LogP contribution in [0, 0.1) is 0 Å². The zero-order valence-corrected chi connectivity index (χ0v) is 11.1. The predicted octanol–water partition coefficient (Wildman–Crippen LogP) is 4.71. The van der Waals surface area contributed by atoms with Gasteiger partial charge in [-0.3, -0.25) is 0 Å². The average molecular weight is 293 g/mol. The SMILES string of the molecule is FC(F)(F)Oc1cccc(NCC=Cc2ccccc2)c1. The van der Waals surface area contributed by atoms with Crippen molar-refractivity contribution in [1.29, 1.82) is 0 Å². The van der Waals surface area contributed by atoms with Crippen LogP contribution in [0.3, 0.4) is 0 Å². The largest absolute Gasteiger partial charge is 0.573 e. The van der Waals surface area contributed by atoms with Crippen molar-refractivity contribution >= 4 is 11.8 Å². The van der Waals surface area contributed by atoms with Crippen molar-refractivity contribution < 1.29 is 17.9 Å². The molecular formula is C16H14F3NO. The predicted molar refractivity (Wildman–Crippen MR) is 77.1 cm³/mol. The summed E-state index contributed by atoms with van der Waals surface area (Å²) in [4.78, 5) is 0. The lowest BCUT2D eigenvalue weighted by molar-refractivity contribution is -0.274. The summed E-state index contributed by atoms with van der Waals surface area (Å²) >= 11 is 0. The molecule has 0 aromatic heterocycles. The first-order valence-electron chi connectivity index (χ1n) is 6.34. The van der Waals surface area contributed by atoms with E-state index in [1.807, 2.05) is 42.5 Å². The first kappa shape index (κ1) is 15.0. The van der Waals surface area contributed by atoms with E-state index < -0.39 is 6.36 Å². The summed E-state index contributed by atoms with van der Waals surface area (Å²) in [6.07, 6.45) is -0.846. The Bertz CT molecular complexity index is 594. The molecule has 0 saturated carbocycles. The van der Waals surface area contributed by atoms with Crippen LogP contribution in [0.5, 0.6) is 5.75 Å². The van der Waals surface area contributed by atoms with Crippen LogP contribution in [0.15, 0.2) is 60.7 Å². The molecule has 1 N–H and O–H groups in total. The maximum absolute atomic E-state index is 12.1. The van der Waals surface area contributed by atoms with Gasteiger partial charge in [0.2, 0.25) is 0 Å². The molecule has 0 radical (unpaired) electrons. The van der Waals surface area contributed by atoms with Crippen LogP contribution in [0.1, 0.15) is 5.56 Å². The van der Waals surface area contributed by atoms with Gasteiger partial charge in [-0.15, -0.1) is 13.2 Å². The molecule has 0 aliphatic carbocycles. The molecule has 0 spiro atoms. The highest BCUT2D eigenvalue weighted by Crippen LogP contribution is 2.24. The van der Waals surface area contributed by atoms with E-state index >= 15 is 0 Å². The second kappa shape index (κ2) is 6.83. The summed E-state index contributed by atoms with van der Waals surface area (Å²) in [5.74, 6) is -0.237. The van der Waals surface area contributed by atoms with E-state index in [0.29, 0.717) is 12.2 Å². The van der Waals surface area contributed by atoms with Crippen LogP contribution in [0.2, 0.25) is 0 Å². The fourth-order valence-corrected chi connectivity index (χ4v) is 1.74. The second-order valence-electron chi connectivity index (χ2n) is 4.27. The van der Waals surface area contributed by atoms with E-state index in [2.05, 4.69) is 10.1 Å². The Balaban J connectivity index is 1.89. The zero-order valence-electron chi connectivity index (χ0n) is 11.1. The van der Waals surface area contributed by atoms with Gasteiger partial charge in [0.25, 0.3) is 0 Å². The molecule has 0 bridgehead atoms. The molecule has 2 rings (SSSR count). The molecule has 5 heteroatoms.